The molecule has 0 heterocycles. The van der Waals surface area contributed by atoms with Gasteiger partial charge in [0.25, 0.3) is 0 Å². The molecule has 0 amide bonds. The van der Waals surface area contributed by atoms with Crippen LogP contribution in [0.25, 0.3) is 11.8 Å². The summed E-state index contributed by atoms with van der Waals surface area (Å²) in [6, 6.07) is 2.06. The molecule has 0 atom stereocenters. The summed E-state index contributed by atoms with van der Waals surface area (Å²) in [7, 11) is 0. The monoisotopic (exact) mass is 216 g/mol. The first kappa shape index (κ1) is 12.5. The largest absolute Gasteiger partial charge is 0.399 e. The topological polar surface area (TPSA) is 52.0 Å². The van der Waals surface area contributed by atoms with Gasteiger partial charge in [-0.3, -0.25) is 0 Å². The molecule has 0 fully saturated rings. The first-order valence-corrected chi connectivity index (χ1v) is 5.43. The van der Waals surface area contributed by atoms with Gasteiger partial charge in [0.1, 0.15) is 0 Å². The number of allylic oxidation sites excluding steroid dienone is 1. The predicted octanol–water partition coefficient (Wildman–Crippen LogP) is 2.72. The molecule has 1 rings (SSSR count). The fourth-order valence-corrected chi connectivity index (χ4v) is 2.00. The van der Waals surface area contributed by atoms with Gasteiger partial charge in [-0.15, -0.1) is 0 Å². The Labute approximate surface area is 97.7 Å². The van der Waals surface area contributed by atoms with Gasteiger partial charge in [0.2, 0.25) is 0 Å². The van der Waals surface area contributed by atoms with Crippen molar-refractivity contribution < 1.29 is 0 Å². The number of benzene rings is 1. The Hall–Kier alpha value is -1.54. The Morgan fingerprint density at radius 1 is 1.44 bits per heavy atom. The molecule has 2 nitrogen and oxygen atoms in total. The molecule has 1 aromatic rings. The van der Waals surface area contributed by atoms with E-state index >= 15 is 0 Å². The third-order valence-electron chi connectivity index (χ3n) is 2.87. The SMILES string of the molecule is C=C(N)c1cc(C)c(CN)c(C)c1/C=C\C. The molecule has 1 aromatic carbocycles. The highest BCUT2D eigenvalue weighted by Gasteiger charge is 2.10. The lowest BCUT2D eigenvalue weighted by Crippen LogP contribution is -2.07. The van der Waals surface area contributed by atoms with E-state index in [4.69, 9.17) is 11.5 Å². The highest BCUT2D eigenvalue weighted by atomic mass is 14.6. The molecular formula is C14H20N2. The van der Waals surface area contributed by atoms with E-state index in [9.17, 15) is 0 Å². The maximum absolute atomic E-state index is 5.81. The zero-order valence-electron chi connectivity index (χ0n) is 10.3. The van der Waals surface area contributed by atoms with Crippen LogP contribution in [0.4, 0.5) is 0 Å². The summed E-state index contributed by atoms with van der Waals surface area (Å²) in [6.45, 7) is 10.5. The molecule has 0 bridgehead atoms. The van der Waals surface area contributed by atoms with Crippen LogP contribution in [0.5, 0.6) is 0 Å². The van der Waals surface area contributed by atoms with Gasteiger partial charge >= 0.3 is 0 Å². The van der Waals surface area contributed by atoms with Gasteiger partial charge in [-0.2, -0.15) is 0 Å². The molecule has 86 valence electrons. The molecule has 0 aliphatic carbocycles. The maximum Gasteiger partial charge on any atom is 0.0320 e. The number of aryl methyl sites for hydroxylation is 1. The van der Waals surface area contributed by atoms with Crippen molar-refractivity contribution in [3.63, 3.8) is 0 Å². The van der Waals surface area contributed by atoms with Crippen LogP contribution in [0.1, 0.15) is 34.7 Å². The van der Waals surface area contributed by atoms with Crippen LogP contribution >= 0.6 is 0 Å². The first-order chi connectivity index (χ1) is 7.52. The molecule has 4 N–H and O–H groups in total. The van der Waals surface area contributed by atoms with Crippen LogP contribution < -0.4 is 11.5 Å². The molecule has 0 radical (unpaired) electrons. The first-order valence-electron chi connectivity index (χ1n) is 5.43. The minimum absolute atomic E-state index is 0.555. The summed E-state index contributed by atoms with van der Waals surface area (Å²) in [5, 5.41) is 0. The standard InChI is InChI=1S/C14H20N2/c1-5-6-12-10(3)14(8-15)9(2)7-13(12)11(4)16/h5-7H,4,8,15-16H2,1-3H3/b6-5-. The zero-order chi connectivity index (χ0) is 12.3. The highest BCUT2D eigenvalue weighted by Crippen LogP contribution is 2.26. The van der Waals surface area contributed by atoms with Gasteiger partial charge in [-0.25, -0.2) is 0 Å². The molecule has 0 aromatic heterocycles. The molecular weight excluding hydrogens is 196 g/mol. The van der Waals surface area contributed by atoms with Crippen molar-refractivity contribution in [2.24, 2.45) is 11.5 Å². The molecule has 0 saturated carbocycles. The molecule has 0 spiro atoms. The van der Waals surface area contributed by atoms with Gasteiger partial charge < -0.3 is 11.5 Å². The fourth-order valence-electron chi connectivity index (χ4n) is 2.00. The Balaban J connectivity index is 3.58. The lowest BCUT2D eigenvalue weighted by Gasteiger charge is -2.16. The average Bonchev–Trinajstić information content (AvgIpc) is 2.22. The second-order valence-corrected chi connectivity index (χ2v) is 3.99. The Bertz CT molecular complexity index is 443. The van der Waals surface area contributed by atoms with Gasteiger partial charge in [0.15, 0.2) is 0 Å². The van der Waals surface area contributed by atoms with Crippen LogP contribution in [0.15, 0.2) is 18.7 Å². The quantitative estimate of drug-likeness (QED) is 0.816. The molecule has 0 aliphatic heterocycles. The Morgan fingerprint density at radius 3 is 2.50 bits per heavy atom. The van der Waals surface area contributed by atoms with Crippen LogP contribution in [0.2, 0.25) is 0 Å². The second-order valence-electron chi connectivity index (χ2n) is 3.99. The van der Waals surface area contributed by atoms with Crippen molar-refractivity contribution in [3.8, 4) is 0 Å². The van der Waals surface area contributed by atoms with E-state index in [-0.39, 0.29) is 0 Å². The van der Waals surface area contributed by atoms with Gasteiger partial charge in [-0.1, -0.05) is 18.7 Å². The number of nitrogens with two attached hydrogens (primary N) is 2. The molecule has 2 heteroatoms. The lowest BCUT2D eigenvalue weighted by atomic mass is 9.91. The van der Waals surface area contributed by atoms with Crippen LogP contribution in [-0.2, 0) is 6.54 Å². The van der Waals surface area contributed by atoms with Gasteiger partial charge in [-0.05, 0) is 49.1 Å². The van der Waals surface area contributed by atoms with Gasteiger partial charge in [0, 0.05) is 17.8 Å². The maximum atomic E-state index is 5.81. The molecule has 0 unspecified atom stereocenters. The van der Waals surface area contributed by atoms with Gasteiger partial charge in [0.05, 0.1) is 0 Å². The summed E-state index contributed by atoms with van der Waals surface area (Å²) < 4.78 is 0. The summed E-state index contributed by atoms with van der Waals surface area (Å²) in [5.41, 5.74) is 17.9. The van der Waals surface area contributed by atoms with E-state index in [0.29, 0.717) is 12.2 Å². The lowest BCUT2D eigenvalue weighted by molar-refractivity contribution is 1.02. The van der Waals surface area contributed by atoms with Crippen molar-refractivity contribution >= 4 is 11.8 Å². The van der Waals surface area contributed by atoms with Crippen molar-refractivity contribution in [2.45, 2.75) is 27.3 Å². The summed E-state index contributed by atoms with van der Waals surface area (Å²) in [5.74, 6) is 0. The third kappa shape index (κ3) is 2.17. The van der Waals surface area contributed by atoms with E-state index in [1.165, 1.54) is 16.7 Å². The van der Waals surface area contributed by atoms with E-state index in [1.54, 1.807) is 0 Å². The van der Waals surface area contributed by atoms with E-state index in [1.807, 2.05) is 13.0 Å². The van der Waals surface area contributed by atoms with E-state index in [0.717, 1.165) is 11.1 Å². The summed E-state index contributed by atoms with van der Waals surface area (Å²) >= 11 is 0. The number of hydrogen-bond acceptors (Lipinski definition) is 2. The molecule has 16 heavy (non-hydrogen) atoms. The van der Waals surface area contributed by atoms with Crippen molar-refractivity contribution in [3.05, 3.63) is 46.5 Å². The van der Waals surface area contributed by atoms with Crippen molar-refractivity contribution in [2.75, 3.05) is 0 Å². The van der Waals surface area contributed by atoms with Crippen LogP contribution in [0, 0.1) is 13.8 Å². The normalized spacial score (nSPS) is 11.0. The molecule has 0 saturated heterocycles. The van der Waals surface area contributed by atoms with Crippen LogP contribution in [-0.4, -0.2) is 0 Å². The smallest absolute Gasteiger partial charge is 0.0320 e. The van der Waals surface area contributed by atoms with E-state index in [2.05, 4.69) is 32.6 Å². The minimum atomic E-state index is 0.555. The fraction of sp³-hybridized carbons (Fsp3) is 0.286. The van der Waals surface area contributed by atoms with Crippen LogP contribution in [0.3, 0.4) is 0 Å². The summed E-state index contributed by atoms with van der Waals surface area (Å²) in [4.78, 5) is 0. The Kier molecular flexibility index (Phi) is 3.91. The predicted molar refractivity (Wildman–Crippen MR) is 71.7 cm³/mol. The molecule has 0 aliphatic rings. The van der Waals surface area contributed by atoms with Crippen molar-refractivity contribution in [1.82, 2.24) is 0 Å². The van der Waals surface area contributed by atoms with Crippen molar-refractivity contribution in [1.29, 1.82) is 0 Å². The minimum Gasteiger partial charge on any atom is -0.399 e. The second kappa shape index (κ2) is 4.99. The number of rotatable bonds is 3. The zero-order valence-corrected chi connectivity index (χ0v) is 10.3. The third-order valence-corrected chi connectivity index (χ3v) is 2.87. The summed E-state index contributed by atoms with van der Waals surface area (Å²) in [6.07, 6.45) is 4.06. The average molecular weight is 216 g/mol. The number of hydrogen-bond donors (Lipinski definition) is 2. The highest BCUT2D eigenvalue weighted by molar-refractivity contribution is 5.74. The Morgan fingerprint density at radius 2 is 2.06 bits per heavy atom. The van der Waals surface area contributed by atoms with E-state index < -0.39 is 0 Å².